The Bertz CT molecular complexity index is 740. The molecule has 0 aliphatic rings. The highest BCUT2D eigenvalue weighted by atomic mass is 32.1. The number of rotatable bonds is 7. The summed E-state index contributed by atoms with van der Waals surface area (Å²) in [4.78, 5) is 24.3. The van der Waals surface area contributed by atoms with Crippen molar-refractivity contribution in [2.24, 2.45) is 5.10 Å². The Morgan fingerprint density at radius 1 is 1.17 bits per heavy atom. The predicted octanol–water partition coefficient (Wildman–Crippen LogP) is 2.01. The second-order valence-electron chi connectivity index (χ2n) is 5.09. The Morgan fingerprint density at radius 2 is 1.96 bits per heavy atom. The summed E-state index contributed by atoms with van der Waals surface area (Å²) < 4.78 is 5.40. The number of nitrogens with one attached hydrogen (secondary N) is 2. The lowest BCUT2D eigenvalue weighted by Gasteiger charge is -2.08. The van der Waals surface area contributed by atoms with Crippen LogP contribution in [0.1, 0.15) is 16.0 Å². The highest BCUT2D eigenvalue weighted by molar-refractivity contribution is 7.11. The molecule has 126 valence electrons. The Morgan fingerprint density at radius 3 is 2.67 bits per heavy atom. The van der Waals surface area contributed by atoms with Crippen molar-refractivity contribution in [3.63, 3.8) is 0 Å². The minimum atomic E-state index is -0.398. The van der Waals surface area contributed by atoms with Gasteiger partial charge in [-0.1, -0.05) is 18.2 Å². The van der Waals surface area contributed by atoms with Gasteiger partial charge in [0.05, 0.1) is 12.8 Å². The van der Waals surface area contributed by atoms with E-state index in [0.717, 1.165) is 16.0 Å². The zero-order valence-corrected chi connectivity index (χ0v) is 14.4. The van der Waals surface area contributed by atoms with Crippen LogP contribution in [0.15, 0.2) is 40.8 Å². The first-order chi connectivity index (χ1) is 11.6. The largest absolute Gasteiger partial charge is 0.484 e. The van der Waals surface area contributed by atoms with Gasteiger partial charge in [-0.15, -0.1) is 11.3 Å². The third kappa shape index (κ3) is 5.51. The number of carbonyl (C=O) groups excluding carboxylic acids is 2. The van der Waals surface area contributed by atoms with Gasteiger partial charge < -0.3 is 10.1 Å². The second kappa shape index (κ2) is 8.83. The first kappa shape index (κ1) is 17.7. The third-order valence-electron chi connectivity index (χ3n) is 3.17. The van der Waals surface area contributed by atoms with Gasteiger partial charge >= 0.3 is 0 Å². The number of hydrazone groups is 1. The van der Waals surface area contributed by atoms with Gasteiger partial charge in [0.25, 0.3) is 11.8 Å². The maximum Gasteiger partial charge on any atom is 0.259 e. The number of nitrogens with zero attached hydrogens (tertiary/aromatic N) is 1. The van der Waals surface area contributed by atoms with Gasteiger partial charge in [0, 0.05) is 4.88 Å². The van der Waals surface area contributed by atoms with Crippen LogP contribution >= 0.6 is 11.3 Å². The first-order valence-electron chi connectivity index (χ1n) is 7.37. The number of carbonyl (C=O) groups is 2. The molecule has 0 saturated carbocycles. The van der Waals surface area contributed by atoms with E-state index in [4.69, 9.17) is 4.74 Å². The minimum Gasteiger partial charge on any atom is -0.484 e. The molecule has 2 amide bonds. The second-order valence-corrected chi connectivity index (χ2v) is 6.04. The molecular weight excluding hydrogens is 326 g/mol. The van der Waals surface area contributed by atoms with Crippen molar-refractivity contribution in [1.29, 1.82) is 0 Å². The Kier molecular flexibility index (Phi) is 6.51. The lowest BCUT2D eigenvalue weighted by atomic mass is 10.2. The van der Waals surface area contributed by atoms with Crippen LogP contribution in [0.2, 0.25) is 0 Å². The topological polar surface area (TPSA) is 79.8 Å². The molecule has 0 aliphatic carbocycles. The van der Waals surface area contributed by atoms with Crippen LogP contribution in [0.3, 0.4) is 0 Å². The average Bonchev–Trinajstić information content (AvgIpc) is 2.97. The van der Waals surface area contributed by atoms with Gasteiger partial charge in [0.1, 0.15) is 5.75 Å². The summed E-state index contributed by atoms with van der Waals surface area (Å²) in [6.45, 7) is 3.56. The van der Waals surface area contributed by atoms with Crippen molar-refractivity contribution in [3.8, 4) is 5.75 Å². The van der Waals surface area contributed by atoms with Gasteiger partial charge in [-0.05, 0) is 42.5 Å². The van der Waals surface area contributed by atoms with Crippen LogP contribution in [-0.2, 0) is 9.59 Å². The fourth-order valence-corrected chi connectivity index (χ4v) is 2.60. The van der Waals surface area contributed by atoms with Crippen LogP contribution in [0.4, 0.5) is 0 Å². The first-order valence-corrected chi connectivity index (χ1v) is 8.25. The van der Waals surface area contributed by atoms with Crippen molar-refractivity contribution < 1.29 is 14.3 Å². The smallest absolute Gasteiger partial charge is 0.259 e. The number of hydrogen-bond donors (Lipinski definition) is 2. The molecule has 0 bridgehead atoms. The average molecular weight is 345 g/mol. The van der Waals surface area contributed by atoms with E-state index in [9.17, 15) is 9.59 Å². The molecule has 2 aromatic rings. The molecule has 2 N–H and O–H groups in total. The molecule has 24 heavy (non-hydrogen) atoms. The van der Waals surface area contributed by atoms with E-state index in [1.807, 2.05) is 43.5 Å². The van der Waals surface area contributed by atoms with E-state index >= 15 is 0 Å². The summed E-state index contributed by atoms with van der Waals surface area (Å²) in [7, 11) is 0. The third-order valence-corrected chi connectivity index (χ3v) is 4.12. The molecule has 0 aliphatic heterocycles. The number of hydrogen-bond acceptors (Lipinski definition) is 5. The van der Waals surface area contributed by atoms with Crippen molar-refractivity contribution >= 4 is 29.4 Å². The monoisotopic (exact) mass is 345 g/mol. The van der Waals surface area contributed by atoms with Crippen LogP contribution in [-0.4, -0.2) is 31.2 Å². The van der Waals surface area contributed by atoms with E-state index in [1.54, 1.807) is 12.3 Å². The normalized spacial score (nSPS) is 10.6. The van der Waals surface area contributed by atoms with E-state index in [2.05, 4.69) is 15.8 Å². The molecule has 0 fully saturated rings. The molecule has 0 spiro atoms. The van der Waals surface area contributed by atoms with Crippen molar-refractivity contribution in [2.45, 2.75) is 13.8 Å². The minimum absolute atomic E-state index is 0.143. The summed E-state index contributed by atoms with van der Waals surface area (Å²) in [6, 6.07) is 9.39. The molecule has 6 nitrogen and oxygen atoms in total. The summed E-state index contributed by atoms with van der Waals surface area (Å²) in [5.41, 5.74) is 4.41. The van der Waals surface area contributed by atoms with Crippen molar-refractivity contribution in [3.05, 3.63) is 51.7 Å². The lowest BCUT2D eigenvalue weighted by Crippen LogP contribution is -2.37. The fourth-order valence-electron chi connectivity index (χ4n) is 1.81. The lowest BCUT2D eigenvalue weighted by molar-refractivity contribution is -0.127. The van der Waals surface area contributed by atoms with Crippen LogP contribution in [0.5, 0.6) is 5.75 Å². The zero-order valence-electron chi connectivity index (χ0n) is 13.5. The number of amides is 2. The van der Waals surface area contributed by atoms with Crippen LogP contribution in [0, 0.1) is 13.8 Å². The fraction of sp³-hybridized carbons (Fsp3) is 0.235. The maximum absolute atomic E-state index is 11.7. The Balaban J connectivity index is 1.68. The van der Waals surface area contributed by atoms with Gasteiger partial charge in [0.15, 0.2) is 6.61 Å². The van der Waals surface area contributed by atoms with Gasteiger partial charge in [-0.3, -0.25) is 9.59 Å². The van der Waals surface area contributed by atoms with E-state index in [-0.39, 0.29) is 19.1 Å². The number of para-hydroxylation sites is 1. The molecule has 1 aromatic carbocycles. The quantitative estimate of drug-likeness (QED) is 0.595. The standard InChI is InChI=1S/C17H19N3O3S/c1-12-5-3-4-6-14(12)23-11-17(22)18-10-16(21)20-19-9-15-13(2)7-8-24-15/h3-9H,10-11H2,1-2H3,(H,18,22)(H,20,21). The number of ether oxygens (including phenoxy) is 1. The molecule has 0 saturated heterocycles. The SMILES string of the molecule is Cc1ccccc1OCC(=O)NCC(=O)NN=Cc1sccc1C. The highest BCUT2D eigenvalue weighted by Crippen LogP contribution is 2.15. The van der Waals surface area contributed by atoms with E-state index in [0.29, 0.717) is 5.75 Å². The summed E-state index contributed by atoms with van der Waals surface area (Å²) in [5, 5.41) is 8.29. The molecule has 1 heterocycles. The van der Waals surface area contributed by atoms with Gasteiger partial charge in [0.2, 0.25) is 0 Å². The molecule has 1 aromatic heterocycles. The molecule has 2 rings (SSSR count). The highest BCUT2D eigenvalue weighted by Gasteiger charge is 2.06. The molecule has 0 radical (unpaired) electrons. The maximum atomic E-state index is 11.7. The van der Waals surface area contributed by atoms with Gasteiger partial charge in [-0.25, -0.2) is 5.43 Å². The Hall–Kier alpha value is -2.67. The molecular formula is C17H19N3O3S. The van der Waals surface area contributed by atoms with Crippen molar-refractivity contribution in [1.82, 2.24) is 10.7 Å². The van der Waals surface area contributed by atoms with Crippen molar-refractivity contribution in [2.75, 3.05) is 13.2 Å². The summed E-state index contributed by atoms with van der Waals surface area (Å²) >= 11 is 1.54. The van der Waals surface area contributed by atoms with Crippen LogP contribution in [0.25, 0.3) is 0 Å². The Labute approximate surface area is 144 Å². The molecule has 0 atom stereocenters. The zero-order chi connectivity index (χ0) is 17.4. The van der Waals surface area contributed by atoms with E-state index in [1.165, 1.54) is 11.3 Å². The predicted molar refractivity (Wildman–Crippen MR) is 94.5 cm³/mol. The number of benzene rings is 1. The van der Waals surface area contributed by atoms with Crippen LogP contribution < -0.4 is 15.5 Å². The summed E-state index contributed by atoms with van der Waals surface area (Å²) in [6.07, 6.45) is 1.58. The number of thiophene rings is 1. The number of aryl methyl sites for hydroxylation is 2. The summed E-state index contributed by atoms with van der Waals surface area (Å²) in [5.74, 6) is -0.121. The van der Waals surface area contributed by atoms with E-state index < -0.39 is 5.91 Å². The molecule has 0 unspecified atom stereocenters. The molecule has 7 heteroatoms. The van der Waals surface area contributed by atoms with Gasteiger partial charge in [-0.2, -0.15) is 5.10 Å².